The van der Waals surface area contributed by atoms with Crippen LogP contribution in [-0.2, 0) is 4.74 Å². The lowest BCUT2D eigenvalue weighted by molar-refractivity contribution is 0.0600. The molecule has 26 heavy (non-hydrogen) atoms. The third-order valence-electron chi connectivity index (χ3n) is 3.76. The zero-order valence-electron chi connectivity index (χ0n) is 15.2. The first-order valence-corrected chi connectivity index (χ1v) is 8.57. The molecule has 0 atom stereocenters. The van der Waals surface area contributed by atoms with Crippen molar-refractivity contribution in [2.75, 3.05) is 30.4 Å². The Morgan fingerprint density at radius 1 is 1.19 bits per heavy atom. The summed E-state index contributed by atoms with van der Waals surface area (Å²) in [4.78, 5) is 35.0. The number of amides is 1. The summed E-state index contributed by atoms with van der Waals surface area (Å²) < 4.78 is 4.68. The molecule has 0 unspecified atom stereocenters. The number of nitrogens with zero attached hydrogens (tertiary/aromatic N) is 3. The number of methoxy groups -OCH3 is 1. The van der Waals surface area contributed by atoms with Crippen LogP contribution < -0.4 is 10.2 Å². The van der Waals surface area contributed by atoms with Gasteiger partial charge in [0.2, 0.25) is 5.95 Å². The Morgan fingerprint density at radius 2 is 1.88 bits per heavy atom. The topological polar surface area (TPSA) is 84.4 Å². The maximum Gasteiger partial charge on any atom is 0.337 e. The van der Waals surface area contributed by atoms with Crippen LogP contribution in [0.25, 0.3) is 0 Å². The second-order valence-corrected chi connectivity index (χ2v) is 5.91. The van der Waals surface area contributed by atoms with E-state index in [1.165, 1.54) is 25.3 Å². The molecule has 8 heteroatoms. The molecule has 2 aromatic rings. The predicted molar refractivity (Wildman–Crippen MR) is 101 cm³/mol. The molecule has 0 saturated heterocycles. The number of esters is 1. The average Bonchev–Trinajstić information content (AvgIpc) is 2.63. The second-order valence-electron chi connectivity index (χ2n) is 5.51. The van der Waals surface area contributed by atoms with Crippen LogP contribution >= 0.6 is 11.6 Å². The van der Waals surface area contributed by atoms with Gasteiger partial charge in [0, 0.05) is 18.8 Å². The molecule has 1 N–H and O–H groups in total. The van der Waals surface area contributed by atoms with Crippen LogP contribution in [0.5, 0.6) is 0 Å². The monoisotopic (exact) mass is 376 g/mol. The molecule has 7 nitrogen and oxygen atoms in total. The number of ether oxygens (including phenoxy) is 1. The molecule has 0 aliphatic carbocycles. The molecule has 0 aliphatic rings. The fourth-order valence-electron chi connectivity index (χ4n) is 2.37. The van der Waals surface area contributed by atoms with Gasteiger partial charge in [-0.15, -0.1) is 0 Å². The summed E-state index contributed by atoms with van der Waals surface area (Å²) in [7, 11) is 1.29. The largest absolute Gasteiger partial charge is 0.465 e. The van der Waals surface area contributed by atoms with E-state index in [1.807, 2.05) is 18.7 Å². The minimum Gasteiger partial charge on any atom is -0.465 e. The number of anilines is 2. The van der Waals surface area contributed by atoms with E-state index < -0.39 is 11.9 Å². The van der Waals surface area contributed by atoms with Crippen molar-refractivity contribution in [3.05, 3.63) is 46.2 Å². The van der Waals surface area contributed by atoms with E-state index >= 15 is 0 Å². The van der Waals surface area contributed by atoms with Gasteiger partial charge in [-0.1, -0.05) is 11.6 Å². The van der Waals surface area contributed by atoms with Crippen molar-refractivity contribution in [3.8, 4) is 0 Å². The van der Waals surface area contributed by atoms with Crippen LogP contribution in [0.1, 0.15) is 40.4 Å². The summed E-state index contributed by atoms with van der Waals surface area (Å²) in [6.07, 6.45) is 0. The molecule has 138 valence electrons. The van der Waals surface area contributed by atoms with Crippen molar-refractivity contribution < 1.29 is 14.3 Å². The van der Waals surface area contributed by atoms with E-state index in [0.29, 0.717) is 22.4 Å². The van der Waals surface area contributed by atoms with Crippen molar-refractivity contribution >= 4 is 35.1 Å². The number of nitrogens with one attached hydrogen (secondary N) is 1. The van der Waals surface area contributed by atoms with E-state index in [1.54, 1.807) is 13.0 Å². The first-order chi connectivity index (χ1) is 12.4. The fourth-order valence-corrected chi connectivity index (χ4v) is 2.53. The smallest absolute Gasteiger partial charge is 0.337 e. The molecule has 0 fully saturated rings. The highest BCUT2D eigenvalue weighted by Gasteiger charge is 2.16. The predicted octanol–water partition coefficient (Wildman–Crippen LogP) is 3.32. The number of hydrogen-bond acceptors (Lipinski definition) is 6. The normalized spacial score (nSPS) is 10.3. The third kappa shape index (κ3) is 4.49. The molecule has 0 aliphatic heterocycles. The second kappa shape index (κ2) is 8.62. The number of rotatable bonds is 6. The Hall–Kier alpha value is -2.67. The van der Waals surface area contributed by atoms with Crippen LogP contribution in [0.15, 0.2) is 24.3 Å². The molecule has 1 aromatic heterocycles. The van der Waals surface area contributed by atoms with E-state index in [0.717, 1.165) is 13.1 Å². The lowest BCUT2D eigenvalue weighted by Crippen LogP contribution is -2.26. The molecular formula is C18H21ClN4O3. The Labute approximate surface area is 157 Å². The molecule has 1 amide bonds. The number of benzene rings is 1. The van der Waals surface area contributed by atoms with Crippen LogP contribution in [0, 0.1) is 6.92 Å². The number of halogens is 1. The number of hydrogen-bond donors (Lipinski definition) is 1. The molecule has 2 rings (SSSR count). The Balaban J connectivity index is 2.32. The summed E-state index contributed by atoms with van der Waals surface area (Å²) in [5, 5.41) is 2.99. The first kappa shape index (κ1) is 19.7. The van der Waals surface area contributed by atoms with Crippen molar-refractivity contribution in [1.29, 1.82) is 0 Å². The number of carbonyl (C=O) groups excluding carboxylic acids is 2. The summed E-state index contributed by atoms with van der Waals surface area (Å²) in [6.45, 7) is 7.25. The minimum absolute atomic E-state index is 0.221. The maximum absolute atomic E-state index is 12.6. The van der Waals surface area contributed by atoms with Crippen LogP contribution in [-0.4, -0.2) is 42.0 Å². The molecular weight excluding hydrogens is 356 g/mol. The molecule has 0 spiro atoms. The van der Waals surface area contributed by atoms with Crippen molar-refractivity contribution in [2.45, 2.75) is 20.8 Å². The Kier molecular flexibility index (Phi) is 6.52. The average molecular weight is 377 g/mol. The van der Waals surface area contributed by atoms with Crippen LogP contribution in [0.3, 0.4) is 0 Å². The Bertz CT molecular complexity index is 822. The van der Waals surface area contributed by atoms with Gasteiger partial charge >= 0.3 is 5.97 Å². The highest BCUT2D eigenvalue weighted by molar-refractivity contribution is 6.34. The van der Waals surface area contributed by atoms with Gasteiger partial charge in [0.1, 0.15) is 5.69 Å². The number of aromatic nitrogens is 2. The van der Waals surface area contributed by atoms with Gasteiger partial charge < -0.3 is 15.0 Å². The summed E-state index contributed by atoms with van der Waals surface area (Å²) in [5.41, 5.74) is 1.50. The standard InChI is InChI=1S/C18H21ClN4O3/c1-5-23(6-2)18-20-11(3)9-15(22-18)16(24)21-14-10-12(17(25)26-4)7-8-13(14)19/h7-10H,5-6H2,1-4H3,(H,21,24). The maximum atomic E-state index is 12.6. The molecule has 0 saturated carbocycles. The molecule has 0 bridgehead atoms. The quantitative estimate of drug-likeness (QED) is 0.778. The zero-order valence-corrected chi connectivity index (χ0v) is 15.9. The van der Waals surface area contributed by atoms with E-state index in [4.69, 9.17) is 11.6 Å². The van der Waals surface area contributed by atoms with Crippen LogP contribution in [0.4, 0.5) is 11.6 Å². The highest BCUT2D eigenvalue weighted by atomic mass is 35.5. The lowest BCUT2D eigenvalue weighted by Gasteiger charge is -2.19. The minimum atomic E-state index is -0.515. The number of carbonyl (C=O) groups is 2. The Morgan fingerprint density at radius 3 is 2.50 bits per heavy atom. The molecule has 1 aromatic carbocycles. The van der Waals surface area contributed by atoms with Gasteiger partial charge in [-0.25, -0.2) is 14.8 Å². The lowest BCUT2D eigenvalue weighted by atomic mass is 10.2. The molecule has 0 radical (unpaired) electrons. The van der Waals surface area contributed by atoms with Gasteiger partial charge in [-0.05, 0) is 45.0 Å². The zero-order chi connectivity index (χ0) is 19.3. The van der Waals surface area contributed by atoms with E-state index in [2.05, 4.69) is 20.0 Å². The fraction of sp³-hybridized carbons (Fsp3) is 0.333. The first-order valence-electron chi connectivity index (χ1n) is 8.19. The van der Waals surface area contributed by atoms with Crippen molar-refractivity contribution in [2.24, 2.45) is 0 Å². The van der Waals surface area contributed by atoms with Crippen molar-refractivity contribution in [1.82, 2.24) is 9.97 Å². The molecule has 1 heterocycles. The van der Waals surface area contributed by atoms with E-state index in [9.17, 15) is 9.59 Å². The summed E-state index contributed by atoms with van der Waals surface area (Å²) in [6, 6.07) is 6.11. The SMILES string of the molecule is CCN(CC)c1nc(C)cc(C(=O)Nc2cc(C(=O)OC)ccc2Cl)n1. The third-order valence-corrected chi connectivity index (χ3v) is 4.09. The van der Waals surface area contributed by atoms with Crippen molar-refractivity contribution in [3.63, 3.8) is 0 Å². The van der Waals surface area contributed by atoms with Gasteiger partial charge in [0.05, 0.1) is 23.4 Å². The number of aryl methyl sites for hydroxylation is 1. The van der Waals surface area contributed by atoms with Gasteiger partial charge in [0.15, 0.2) is 0 Å². The summed E-state index contributed by atoms with van der Waals surface area (Å²) in [5.74, 6) is -0.457. The van der Waals surface area contributed by atoms with Gasteiger partial charge in [0.25, 0.3) is 5.91 Å². The van der Waals surface area contributed by atoms with Gasteiger partial charge in [-0.3, -0.25) is 4.79 Å². The summed E-state index contributed by atoms with van der Waals surface area (Å²) >= 11 is 6.13. The van der Waals surface area contributed by atoms with E-state index in [-0.39, 0.29) is 11.3 Å². The van der Waals surface area contributed by atoms with Gasteiger partial charge in [-0.2, -0.15) is 0 Å². The highest BCUT2D eigenvalue weighted by Crippen LogP contribution is 2.24. The van der Waals surface area contributed by atoms with Crippen LogP contribution in [0.2, 0.25) is 5.02 Å².